The van der Waals surface area contributed by atoms with E-state index in [-0.39, 0.29) is 0 Å². The summed E-state index contributed by atoms with van der Waals surface area (Å²) < 4.78 is 0. The Bertz CT molecular complexity index is 540. The molecule has 0 atom stereocenters. The van der Waals surface area contributed by atoms with Crippen molar-refractivity contribution in [3.8, 4) is 0 Å². The summed E-state index contributed by atoms with van der Waals surface area (Å²) in [6, 6.07) is 5.86. The smallest absolute Gasteiger partial charge is 0.0798 e. The van der Waals surface area contributed by atoms with Gasteiger partial charge >= 0.3 is 0 Å². The fourth-order valence-corrected chi connectivity index (χ4v) is 3.23. The number of aryl methyl sites for hydroxylation is 1. The lowest BCUT2D eigenvalue weighted by molar-refractivity contribution is 0.919. The number of aromatic nitrogens is 1. The fraction of sp³-hybridized carbons (Fsp3) is 0.308. The Balaban J connectivity index is 2.26. The molecule has 1 aromatic heterocycles. The van der Waals surface area contributed by atoms with Gasteiger partial charge in [0.2, 0.25) is 0 Å². The van der Waals surface area contributed by atoms with Crippen molar-refractivity contribution in [1.29, 1.82) is 0 Å². The highest BCUT2D eigenvalue weighted by atomic mass is 35.5. The first-order chi connectivity index (χ1) is 8.63. The van der Waals surface area contributed by atoms with Gasteiger partial charge in [-0.05, 0) is 19.1 Å². The lowest BCUT2D eigenvalue weighted by Gasteiger charge is -2.22. The van der Waals surface area contributed by atoms with E-state index in [4.69, 9.17) is 23.2 Å². The lowest BCUT2D eigenvalue weighted by atomic mass is 10.2. The highest BCUT2D eigenvalue weighted by molar-refractivity contribution is 7.09. The molecule has 0 saturated heterocycles. The molecule has 5 heteroatoms. The van der Waals surface area contributed by atoms with Crippen LogP contribution in [0.25, 0.3) is 0 Å². The van der Waals surface area contributed by atoms with Crippen molar-refractivity contribution in [2.75, 3.05) is 11.9 Å². The van der Waals surface area contributed by atoms with Crippen molar-refractivity contribution >= 4 is 40.2 Å². The van der Waals surface area contributed by atoms with Gasteiger partial charge in [0.25, 0.3) is 0 Å². The number of nitrogens with zero attached hydrogens (tertiary/aromatic N) is 2. The maximum atomic E-state index is 6.17. The summed E-state index contributed by atoms with van der Waals surface area (Å²) in [5.41, 5.74) is 5.01. The zero-order valence-electron chi connectivity index (χ0n) is 10.3. The standard InChI is InChI=1S/C13H14Cl2N2S/c1-9-13(18-8-16-9)7-17(2)12-5-3-4-11(15)10(12)6-14/h3-5,8H,6-7H2,1-2H3. The van der Waals surface area contributed by atoms with Crippen molar-refractivity contribution in [1.82, 2.24) is 4.98 Å². The van der Waals surface area contributed by atoms with Crippen LogP contribution in [0.4, 0.5) is 5.69 Å². The number of hydrogen-bond donors (Lipinski definition) is 0. The average Bonchev–Trinajstić information content (AvgIpc) is 2.74. The summed E-state index contributed by atoms with van der Waals surface area (Å²) in [7, 11) is 2.04. The highest BCUT2D eigenvalue weighted by Crippen LogP contribution is 2.30. The van der Waals surface area contributed by atoms with Gasteiger partial charge in [-0.3, -0.25) is 0 Å². The second kappa shape index (κ2) is 5.91. The van der Waals surface area contributed by atoms with E-state index in [2.05, 4.69) is 9.88 Å². The molecular formula is C13H14Cl2N2S. The van der Waals surface area contributed by atoms with Gasteiger partial charge in [0.1, 0.15) is 0 Å². The van der Waals surface area contributed by atoms with Crippen molar-refractivity contribution in [3.63, 3.8) is 0 Å². The Hall–Kier alpha value is -0.770. The van der Waals surface area contributed by atoms with Gasteiger partial charge in [0.05, 0.1) is 23.6 Å². The summed E-state index contributed by atoms with van der Waals surface area (Å²) >= 11 is 13.8. The van der Waals surface area contributed by atoms with Crippen molar-refractivity contribution in [2.45, 2.75) is 19.3 Å². The normalized spacial score (nSPS) is 10.7. The summed E-state index contributed by atoms with van der Waals surface area (Å²) in [4.78, 5) is 7.68. The van der Waals surface area contributed by atoms with E-state index in [1.807, 2.05) is 37.7 Å². The molecular weight excluding hydrogens is 287 g/mol. The Morgan fingerprint density at radius 3 is 2.78 bits per heavy atom. The summed E-state index contributed by atoms with van der Waals surface area (Å²) in [5, 5.41) is 0.718. The molecule has 0 radical (unpaired) electrons. The number of anilines is 1. The van der Waals surface area contributed by atoms with E-state index in [1.165, 1.54) is 4.88 Å². The fourth-order valence-electron chi connectivity index (χ4n) is 1.82. The van der Waals surface area contributed by atoms with Gasteiger partial charge in [0, 0.05) is 28.2 Å². The highest BCUT2D eigenvalue weighted by Gasteiger charge is 2.12. The minimum atomic E-state index is 0.418. The quantitative estimate of drug-likeness (QED) is 0.774. The van der Waals surface area contributed by atoms with E-state index < -0.39 is 0 Å². The molecule has 0 unspecified atom stereocenters. The van der Waals surface area contributed by atoms with Crippen LogP contribution >= 0.6 is 34.5 Å². The first-order valence-corrected chi connectivity index (χ1v) is 7.36. The van der Waals surface area contributed by atoms with Crippen LogP contribution in [0.5, 0.6) is 0 Å². The first kappa shape index (κ1) is 13.7. The van der Waals surface area contributed by atoms with Crippen LogP contribution in [0.15, 0.2) is 23.7 Å². The first-order valence-electron chi connectivity index (χ1n) is 5.57. The van der Waals surface area contributed by atoms with Crippen LogP contribution in [0.3, 0.4) is 0 Å². The third kappa shape index (κ3) is 2.79. The minimum absolute atomic E-state index is 0.418. The largest absolute Gasteiger partial charge is 0.369 e. The van der Waals surface area contributed by atoms with E-state index in [9.17, 15) is 0 Å². The predicted octanol–water partition coefficient (Wildman–Crippen LogP) is 4.48. The van der Waals surface area contributed by atoms with E-state index >= 15 is 0 Å². The second-order valence-electron chi connectivity index (χ2n) is 4.09. The maximum Gasteiger partial charge on any atom is 0.0798 e. The zero-order valence-corrected chi connectivity index (χ0v) is 12.6. The van der Waals surface area contributed by atoms with Crippen molar-refractivity contribution in [3.05, 3.63) is 44.9 Å². The molecule has 0 N–H and O–H groups in total. The van der Waals surface area contributed by atoms with Crippen LogP contribution < -0.4 is 4.90 Å². The lowest BCUT2D eigenvalue weighted by Crippen LogP contribution is -2.17. The third-order valence-corrected chi connectivity index (χ3v) is 4.41. The van der Waals surface area contributed by atoms with Gasteiger partial charge in [-0.25, -0.2) is 4.98 Å². The molecule has 2 nitrogen and oxygen atoms in total. The summed E-state index contributed by atoms with van der Waals surface area (Å²) in [6.07, 6.45) is 0. The topological polar surface area (TPSA) is 16.1 Å². The number of halogens is 2. The Kier molecular flexibility index (Phi) is 4.49. The van der Waals surface area contributed by atoms with Crippen LogP contribution in [-0.2, 0) is 12.4 Å². The van der Waals surface area contributed by atoms with E-state index in [0.717, 1.165) is 28.5 Å². The maximum absolute atomic E-state index is 6.17. The molecule has 96 valence electrons. The minimum Gasteiger partial charge on any atom is -0.369 e. The number of benzene rings is 1. The van der Waals surface area contributed by atoms with Gasteiger partial charge < -0.3 is 4.90 Å². The number of thiazole rings is 1. The van der Waals surface area contributed by atoms with Gasteiger partial charge in [-0.15, -0.1) is 22.9 Å². The molecule has 0 amide bonds. The SMILES string of the molecule is Cc1ncsc1CN(C)c1cccc(Cl)c1CCl. The number of alkyl halides is 1. The van der Waals surface area contributed by atoms with Crippen molar-refractivity contribution < 1.29 is 0 Å². The third-order valence-electron chi connectivity index (χ3n) is 2.86. The van der Waals surface area contributed by atoms with Crippen LogP contribution in [0.1, 0.15) is 16.1 Å². The molecule has 0 aliphatic rings. The molecule has 0 bridgehead atoms. The molecule has 0 aliphatic heterocycles. The summed E-state index contributed by atoms with van der Waals surface area (Å²) in [6.45, 7) is 2.85. The van der Waals surface area contributed by atoms with Gasteiger partial charge in [0.15, 0.2) is 0 Å². The second-order valence-corrected chi connectivity index (χ2v) is 5.70. The molecule has 2 rings (SSSR count). The zero-order chi connectivity index (χ0) is 13.1. The molecule has 1 heterocycles. The average molecular weight is 301 g/mol. The molecule has 0 aliphatic carbocycles. The molecule has 18 heavy (non-hydrogen) atoms. The van der Waals surface area contributed by atoms with Gasteiger partial charge in [-0.2, -0.15) is 0 Å². The number of hydrogen-bond acceptors (Lipinski definition) is 3. The molecule has 2 aromatic rings. The predicted molar refractivity (Wildman–Crippen MR) is 80.0 cm³/mol. The summed E-state index contributed by atoms with van der Waals surface area (Å²) in [5.74, 6) is 0.418. The van der Waals surface area contributed by atoms with E-state index in [0.29, 0.717) is 5.88 Å². The Morgan fingerprint density at radius 2 is 2.17 bits per heavy atom. The molecule has 0 fully saturated rings. The molecule has 0 saturated carbocycles. The van der Waals surface area contributed by atoms with Crippen LogP contribution in [0, 0.1) is 6.92 Å². The Labute approximate surface area is 121 Å². The van der Waals surface area contributed by atoms with Crippen LogP contribution in [0.2, 0.25) is 5.02 Å². The van der Waals surface area contributed by atoms with Crippen LogP contribution in [-0.4, -0.2) is 12.0 Å². The number of rotatable bonds is 4. The van der Waals surface area contributed by atoms with E-state index in [1.54, 1.807) is 11.3 Å². The molecule has 1 aromatic carbocycles. The monoisotopic (exact) mass is 300 g/mol. The Morgan fingerprint density at radius 1 is 1.39 bits per heavy atom. The molecule has 0 spiro atoms. The van der Waals surface area contributed by atoms with Gasteiger partial charge in [-0.1, -0.05) is 17.7 Å². The van der Waals surface area contributed by atoms with Crippen molar-refractivity contribution in [2.24, 2.45) is 0 Å².